The van der Waals surface area contributed by atoms with E-state index in [9.17, 15) is 119 Å². The van der Waals surface area contributed by atoms with Gasteiger partial charge in [-0.3, -0.25) is 9.59 Å². The van der Waals surface area contributed by atoms with Gasteiger partial charge in [0, 0.05) is 12.8 Å². The molecule has 0 saturated heterocycles. The van der Waals surface area contributed by atoms with Crippen molar-refractivity contribution in [1.29, 1.82) is 0 Å². The maximum atomic E-state index is 14.8. The van der Waals surface area contributed by atoms with Crippen molar-refractivity contribution in [3.63, 3.8) is 0 Å². The second-order valence-corrected chi connectivity index (χ2v) is 13.3. The fourth-order valence-electron chi connectivity index (χ4n) is 4.78. The van der Waals surface area contributed by atoms with Crippen LogP contribution in [0.3, 0.4) is 0 Å². The summed E-state index contributed by atoms with van der Waals surface area (Å²) in [6, 6.07) is 0. The van der Waals surface area contributed by atoms with Crippen LogP contribution in [-0.4, -0.2) is 96.0 Å². The quantitative estimate of drug-likeness (QED) is 0.0468. The molecule has 0 fully saturated rings. The molecule has 4 nitrogen and oxygen atoms in total. The molecule has 0 N–H and O–H groups in total. The number of alkyl halides is 25. The highest BCUT2D eigenvalue weighted by atomic mass is 19.4. The summed E-state index contributed by atoms with van der Waals surface area (Å²) in [7, 11) is 0. The predicted molar refractivity (Wildman–Crippen MR) is 153 cm³/mol. The number of ether oxygens (including phenoxy) is 2. The average molecular weight is 947 g/mol. The molecule has 1 atom stereocenters. The molecular formula is C31H35F25O4. The largest absolute Gasteiger partial charge is 0.462 e. The number of halogens is 25. The van der Waals surface area contributed by atoms with Gasteiger partial charge >= 0.3 is 83.3 Å². The molecule has 60 heavy (non-hydrogen) atoms. The third-order valence-corrected chi connectivity index (χ3v) is 8.55. The Morgan fingerprint density at radius 3 is 0.983 bits per heavy atom. The van der Waals surface area contributed by atoms with Crippen molar-refractivity contribution in [2.24, 2.45) is 0 Å². The molecule has 358 valence electrons. The summed E-state index contributed by atoms with van der Waals surface area (Å²) in [5.41, 5.74) is 0. The smallest absolute Gasteiger partial charge is 0.460 e. The summed E-state index contributed by atoms with van der Waals surface area (Å²) < 4.78 is 355. The molecular weight excluding hydrogens is 911 g/mol. The second-order valence-electron chi connectivity index (χ2n) is 13.3. The molecule has 1 unspecified atom stereocenters. The molecule has 0 saturated carbocycles. The molecule has 0 aliphatic heterocycles. The lowest BCUT2D eigenvalue weighted by Crippen LogP contribution is -2.78. The van der Waals surface area contributed by atoms with E-state index >= 15 is 0 Å². The summed E-state index contributed by atoms with van der Waals surface area (Å²) in [4.78, 5) is 24.2. The van der Waals surface area contributed by atoms with Gasteiger partial charge < -0.3 is 9.47 Å². The first-order valence-corrected chi connectivity index (χ1v) is 17.1. The standard InChI is InChI=1S/C31H35F25O4/c1-3-5-7-9-11-13-18(57)59-16-17(60-19(58)14-12-10-8-6-4-2)15-20(32,33)21(34,35)22(36,37)23(38,39)24(40,41)25(42,43)26(44,45)27(46,47)28(48,49)29(50,51)30(52,53)31(54,55)56/h17H,3-16H2,1-2H3. The van der Waals surface area contributed by atoms with E-state index in [0.717, 1.165) is 0 Å². The van der Waals surface area contributed by atoms with E-state index in [1.54, 1.807) is 13.8 Å². The predicted octanol–water partition coefficient (Wildman–Crippen LogP) is 13.1. The Morgan fingerprint density at radius 2 is 0.667 bits per heavy atom. The molecule has 0 bridgehead atoms. The van der Waals surface area contributed by atoms with Crippen molar-refractivity contribution in [2.45, 2.75) is 175 Å². The Hall–Kier alpha value is -2.81. The summed E-state index contributed by atoms with van der Waals surface area (Å²) >= 11 is 0. The minimum absolute atomic E-state index is 0.000509. The molecule has 0 rings (SSSR count). The van der Waals surface area contributed by atoms with Crippen LogP contribution >= 0.6 is 0 Å². The van der Waals surface area contributed by atoms with E-state index in [1.165, 1.54) is 0 Å². The van der Waals surface area contributed by atoms with Crippen LogP contribution in [-0.2, 0) is 19.1 Å². The van der Waals surface area contributed by atoms with Gasteiger partial charge in [0.1, 0.15) is 12.7 Å². The first kappa shape index (κ1) is 57.2. The molecule has 0 spiro atoms. The maximum Gasteiger partial charge on any atom is 0.460 e. The van der Waals surface area contributed by atoms with Gasteiger partial charge in [0.15, 0.2) is 0 Å². The van der Waals surface area contributed by atoms with Crippen molar-refractivity contribution in [3.05, 3.63) is 0 Å². The normalized spacial score (nSPS) is 15.6. The van der Waals surface area contributed by atoms with Gasteiger partial charge in [-0.1, -0.05) is 65.2 Å². The lowest BCUT2D eigenvalue weighted by atomic mass is 9.84. The highest BCUT2D eigenvalue weighted by molar-refractivity contribution is 5.70. The number of hydrogen-bond acceptors (Lipinski definition) is 4. The Kier molecular flexibility index (Phi) is 18.4. The topological polar surface area (TPSA) is 52.6 Å². The lowest BCUT2D eigenvalue weighted by molar-refractivity contribution is -0.482. The van der Waals surface area contributed by atoms with Crippen LogP contribution in [0.4, 0.5) is 110 Å². The minimum atomic E-state index is -9.69. The SMILES string of the molecule is CCCCCCCC(=O)OCC(CC(F)(F)C(F)(F)C(F)(F)C(F)(F)C(F)(F)C(F)(F)C(F)(F)C(F)(F)C(F)(F)C(F)(F)C(F)(F)C(F)(F)F)OC(=O)CCCCCCC. The van der Waals surface area contributed by atoms with Gasteiger partial charge in [-0.05, 0) is 12.8 Å². The average Bonchev–Trinajstić information content (AvgIpc) is 3.08. The number of esters is 2. The molecule has 0 aromatic rings. The van der Waals surface area contributed by atoms with E-state index in [2.05, 4.69) is 9.47 Å². The monoisotopic (exact) mass is 946 g/mol. The zero-order valence-corrected chi connectivity index (χ0v) is 30.6. The van der Waals surface area contributed by atoms with Crippen molar-refractivity contribution in [2.75, 3.05) is 6.61 Å². The summed E-state index contributed by atoms with van der Waals surface area (Å²) in [5, 5.41) is 0. The Bertz CT molecular complexity index is 1390. The molecule has 0 aromatic carbocycles. The van der Waals surface area contributed by atoms with Crippen molar-refractivity contribution >= 4 is 11.9 Å². The van der Waals surface area contributed by atoms with Gasteiger partial charge in [-0.15, -0.1) is 0 Å². The van der Waals surface area contributed by atoms with Crippen LogP contribution in [0.5, 0.6) is 0 Å². The summed E-state index contributed by atoms with van der Waals surface area (Å²) in [6.07, 6.45) is -12.3. The highest BCUT2D eigenvalue weighted by Gasteiger charge is 2.99. The number of rotatable bonds is 27. The van der Waals surface area contributed by atoms with Crippen LogP contribution in [0.1, 0.15) is 97.3 Å². The fourth-order valence-corrected chi connectivity index (χ4v) is 4.78. The van der Waals surface area contributed by atoms with E-state index < -0.39 is 115 Å². The van der Waals surface area contributed by atoms with Crippen LogP contribution in [0.25, 0.3) is 0 Å². The first-order valence-electron chi connectivity index (χ1n) is 17.1. The Balaban J connectivity index is 7.00. The van der Waals surface area contributed by atoms with Gasteiger partial charge in [0.25, 0.3) is 0 Å². The number of carbonyl (C=O) groups is 2. The number of carbonyl (C=O) groups excluding carboxylic acids is 2. The van der Waals surface area contributed by atoms with Crippen LogP contribution < -0.4 is 0 Å². The van der Waals surface area contributed by atoms with E-state index in [-0.39, 0.29) is 19.3 Å². The van der Waals surface area contributed by atoms with Gasteiger partial charge in [-0.25, -0.2) is 0 Å². The van der Waals surface area contributed by atoms with Crippen molar-refractivity contribution < 1.29 is 129 Å². The zero-order chi connectivity index (χ0) is 48.0. The molecule has 0 aliphatic carbocycles. The maximum absolute atomic E-state index is 14.8. The molecule has 0 radical (unpaired) electrons. The Morgan fingerprint density at radius 1 is 0.383 bits per heavy atom. The van der Waals surface area contributed by atoms with E-state index in [4.69, 9.17) is 0 Å². The van der Waals surface area contributed by atoms with E-state index in [1.807, 2.05) is 0 Å². The third-order valence-electron chi connectivity index (χ3n) is 8.55. The lowest BCUT2D eigenvalue weighted by Gasteiger charge is -2.45. The minimum Gasteiger partial charge on any atom is -0.462 e. The third kappa shape index (κ3) is 10.5. The second kappa shape index (κ2) is 19.3. The number of hydrogen-bond donors (Lipinski definition) is 0. The van der Waals surface area contributed by atoms with E-state index in [0.29, 0.717) is 44.9 Å². The molecule has 0 amide bonds. The van der Waals surface area contributed by atoms with Crippen molar-refractivity contribution in [3.8, 4) is 0 Å². The molecule has 0 heterocycles. The van der Waals surface area contributed by atoms with Gasteiger partial charge in [-0.2, -0.15) is 110 Å². The number of unbranched alkanes of at least 4 members (excludes halogenated alkanes) is 8. The Labute approximate surface area is 322 Å². The van der Waals surface area contributed by atoms with Crippen molar-refractivity contribution in [1.82, 2.24) is 0 Å². The van der Waals surface area contributed by atoms with Crippen LogP contribution in [0.15, 0.2) is 0 Å². The van der Waals surface area contributed by atoms with Gasteiger partial charge in [0.2, 0.25) is 0 Å². The van der Waals surface area contributed by atoms with Crippen LogP contribution in [0.2, 0.25) is 0 Å². The zero-order valence-electron chi connectivity index (χ0n) is 30.6. The molecule has 0 aromatic heterocycles. The highest BCUT2D eigenvalue weighted by Crippen LogP contribution is 2.68. The molecule has 29 heteroatoms. The fraction of sp³-hybridized carbons (Fsp3) is 0.935. The van der Waals surface area contributed by atoms with Gasteiger partial charge in [0.05, 0.1) is 6.42 Å². The first-order chi connectivity index (χ1) is 26.5. The van der Waals surface area contributed by atoms with Crippen LogP contribution in [0, 0.1) is 0 Å². The summed E-state index contributed by atoms with van der Waals surface area (Å²) in [5.74, 6) is -103. The summed E-state index contributed by atoms with van der Waals surface area (Å²) in [6.45, 7) is 1.66. The molecule has 0 aliphatic rings.